The van der Waals surface area contributed by atoms with E-state index >= 15 is 0 Å². The molecule has 0 aliphatic heterocycles. The SMILES string of the molecule is CC(=O)CC/C=C(\C)CCCC(C)COCc1ccccc1. The Morgan fingerprint density at radius 1 is 1.18 bits per heavy atom. The second-order valence-electron chi connectivity index (χ2n) is 6.29. The molecule has 1 aromatic carbocycles. The Labute approximate surface area is 135 Å². The van der Waals surface area contributed by atoms with Crippen molar-refractivity contribution >= 4 is 5.78 Å². The maximum atomic E-state index is 10.9. The summed E-state index contributed by atoms with van der Waals surface area (Å²) in [5.74, 6) is 0.863. The summed E-state index contributed by atoms with van der Waals surface area (Å²) in [5, 5.41) is 0. The number of ketones is 1. The van der Waals surface area contributed by atoms with E-state index in [0.717, 1.165) is 19.4 Å². The van der Waals surface area contributed by atoms with Crippen molar-refractivity contribution in [1.29, 1.82) is 0 Å². The van der Waals surface area contributed by atoms with Gasteiger partial charge in [0.15, 0.2) is 0 Å². The number of rotatable bonds is 11. The minimum atomic E-state index is 0.272. The van der Waals surface area contributed by atoms with Crippen molar-refractivity contribution in [3.8, 4) is 0 Å². The molecule has 0 N–H and O–H groups in total. The topological polar surface area (TPSA) is 26.3 Å². The van der Waals surface area contributed by atoms with Gasteiger partial charge in [0.05, 0.1) is 6.61 Å². The fourth-order valence-corrected chi connectivity index (χ4v) is 2.39. The highest BCUT2D eigenvalue weighted by Crippen LogP contribution is 2.14. The first kappa shape index (κ1) is 18.6. The first-order valence-corrected chi connectivity index (χ1v) is 8.34. The number of benzene rings is 1. The lowest BCUT2D eigenvalue weighted by molar-refractivity contribution is -0.116. The first-order valence-electron chi connectivity index (χ1n) is 8.34. The number of carbonyl (C=O) groups is 1. The Morgan fingerprint density at radius 2 is 1.91 bits per heavy atom. The molecule has 0 heterocycles. The molecule has 22 heavy (non-hydrogen) atoms. The van der Waals surface area contributed by atoms with Crippen molar-refractivity contribution in [2.75, 3.05) is 6.61 Å². The number of allylic oxidation sites excluding steroid dienone is 2. The summed E-state index contributed by atoms with van der Waals surface area (Å²) in [6.07, 6.45) is 7.27. The zero-order chi connectivity index (χ0) is 16.2. The number of hydrogen-bond acceptors (Lipinski definition) is 2. The zero-order valence-electron chi connectivity index (χ0n) is 14.3. The van der Waals surface area contributed by atoms with Gasteiger partial charge in [0.25, 0.3) is 0 Å². The van der Waals surface area contributed by atoms with Crippen molar-refractivity contribution in [1.82, 2.24) is 0 Å². The molecule has 0 aliphatic carbocycles. The quantitative estimate of drug-likeness (QED) is 0.517. The third-order valence-electron chi connectivity index (χ3n) is 3.77. The summed E-state index contributed by atoms with van der Waals surface area (Å²) in [5.41, 5.74) is 2.64. The standard InChI is InChI=1S/C20H30O2/c1-17(10-8-12-19(3)21)9-7-11-18(2)15-22-16-20-13-5-4-6-14-20/h4-6,10,13-14,18H,7-9,11-12,15-16H2,1-3H3/b17-10+. The van der Waals surface area contributed by atoms with Gasteiger partial charge in [-0.2, -0.15) is 0 Å². The van der Waals surface area contributed by atoms with Crippen LogP contribution in [-0.4, -0.2) is 12.4 Å². The average Bonchev–Trinajstić information content (AvgIpc) is 2.48. The lowest BCUT2D eigenvalue weighted by Crippen LogP contribution is -2.06. The van der Waals surface area contributed by atoms with Gasteiger partial charge in [-0.1, -0.05) is 48.9 Å². The molecule has 0 bridgehead atoms. The molecule has 0 fully saturated rings. The van der Waals surface area contributed by atoms with Crippen molar-refractivity contribution < 1.29 is 9.53 Å². The van der Waals surface area contributed by atoms with E-state index in [4.69, 9.17) is 4.74 Å². The van der Waals surface area contributed by atoms with Crippen LogP contribution in [0.25, 0.3) is 0 Å². The number of Topliss-reactive ketones (excluding diaryl/α,β-unsaturated/α-hetero) is 1. The summed E-state index contributed by atoms with van der Waals surface area (Å²) < 4.78 is 5.78. The van der Waals surface area contributed by atoms with Crippen LogP contribution >= 0.6 is 0 Å². The molecule has 1 unspecified atom stereocenters. The third-order valence-corrected chi connectivity index (χ3v) is 3.77. The van der Waals surface area contributed by atoms with Gasteiger partial charge in [-0.25, -0.2) is 0 Å². The predicted molar refractivity (Wildman–Crippen MR) is 92.8 cm³/mol. The van der Waals surface area contributed by atoms with Crippen molar-refractivity contribution in [3.05, 3.63) is 47.5 Å². The molecular formula is C20H30O2. The highest BCUT2D eigenvalue weighted by molar-refractivity contribution is 5.75. The number of hydrogen-bond donors (Lipinski definition) is 0. The minimum absolute atomic E-state index is 0.272. The van der Waals surface area contributed by atoms with Gasteiger partial charge in [0.2, 0.25) is 0 Å². The van der Waals surface area contributed by atoms with Crippen LogP contribution in [0.1, 0.15) is 58.4 Å². The highest BCUT2D eigenvalue weighted by Gasteiger charge is 2.03. The van der Waals surface area contributed by atoms with E-state index in [9.17, 15) is 4.79 Å². The van der Waals surface area contributed by atoms with Crippen molar-refractivity contribution in [2.24, 2.45) is 5.92 Å². The normalized spacial score (nSPS) is 13.1. The second kappa shape index (κ2) is 11.2. The van der Waals surface area contributed by atoms with Gasteiger partial charge in [-0.15, -0.1) is 0 Å². The molecule has 0 amide bonds. The fourth-order valence-electron chi connectivity index (χ4n) is 2.39. The van der Waals surface area contributed by atoms with Gasteiger partial charge >= 0.3 is 0 Å². The molecule has 2 heteroatoms. The van der Waals surface area contributed by atoms with Crippen LogP contribution in [0.3, 0.4) is 0 Å². The van der Waals surface area contributed by atoms with Crippen LogP contribution in [0.4, 0.5) is 0 Å². The smallest absolute Gasteiger partial charge is 0.130 e. The molecular weight excluding hydrogens is 272 g/mol. The van der Waals surface area contributed by atoms with Crippen molar-refractivity contribution in [3.63, 3.8) is 0 Å². The van der Waals surface area contributed by atoms with E-state index in [1.807, 2.05) is 18.2 Å². The molecule has 0 saturated heterocycles. The van der Waals surface area contributed by atoms with E-state index < -0.39 is 0 Å². The Hall–Kier alpha value is -1.41. The molecule has 1 atom stereocenters. The van der Waals surface area contributed by atoms with E-state index in [0.29, 0.717) is 18.9 Å². The summed E-state index contributed by atoms with van der Waals surface area (Å²) in [6, 6.07) is 10.3. The maximum Gasteiger partial charge on any atom is 0.130 e. The van der Waals surface area contributed by atoms with Crippen LogP contribution < -0.4 is 0 Å². The molecule has 0 aromatic heterocycles. The number of carbonyl (C=O) groups excluding carboxylic acids is 1. The summed E-state index contributed by atoms with van der Waals surface area (Å²) in [6.45, 7) is 7.59. The Morgan fingerprint density at radius 3 is 2.59 bits per heavy atom. The summed E-state index contributed by atoms with van der Waals surface area (Å²) >= 11 is 0. The van der Waals surface area contributed by atoms with Crippen LogP contribution in [0.5, 0.6) is 0 Å². The molecule has 0 spiro atoms. The van der Waals surface area contributed by atoms with E-state index in [-0.39, 0.29) is 5.78 Å². The molecule has 0 aliphatic rings. The summed E-state index contributed by atoms with van der Waals surface area (Å²) in [4.78, 5) is 10.9. The van der Waals surface area contributed by atoms with Crippen LogP contribution in [-0.2, 0) is 16.1 Å². The Bertz CT molecular complexity index is 448. The van der Waals surface area contributed by atoms with Gasteiger partial charge in [0, 0.05) is 13.0 Å². The third kappa shape index (κ3) is 9.51. The Balaban J connectivity index is 2.07. The molecule has 1 rings (SSSR count). The van der Waals surface area contributed by atoms with Gasteiger partial charge in [-0.05, 0) is 51.0 Å². The van der Waals surface area contributed by atoms with Gasteiger partial charge < -0.3 is 9.53 Å². The van der Waals surface area contributed by atoms with Gasteiger partial charge in [-0.3, -0.25) is 0 Å². The van der Waals surface area contributed by atoms with Crippen LogP contribution in [0.2, 0.25) is 0 Å². The van der Waals surface area contributed by atoms with E-state index in [2.05, 4.69) is 32.1 Å². The molecule has 0 radical (unpaired) electrons. The van der Waals surface area contributed by atoms with Crippen LogP contribution in [0, 0.1) is 5.92 Å². The lowest BCUT2D eigenvalue weighted by Gasteiger charge is -2.12. The first-order chi connectivity index (χ1) is 10.6. The predicted octanol–water partition coefficient (Wildman–Crippen LogP) is 5.33. The fraction of sp³-hybridized carbons (Fsp3) is 0.550. The zero-order valence-corrected chi connectivity index (χ0v) is 14.3. The summed E-state index contributed by atoms with van der Waals surface area (Å²) in [7, 11) is 0. The van der Waals surface area contributed by atoms with Crippen molar-refractivity contribution in [2.45, 2.75) is 59.5 Å². The molecule has 122 valence electrons. The van der Waals surface area contributed by atoms with Gasteiger partial charge in [0.1, 0.15) is 5.78 Å². The van der Waals surface area contributed by atoms with E-state index in [1.165, 1.54) is 24.0 Å². The monoisotopic (exact) mass is 302 g/mol. The molecule has 0 saturated carbocycles. The van der Waals surface area contributed by atoms with E-state index in [1.54, 1.807) is 6.92 Å². The van der Waals surface area contributed by atoms with Crippen LogP contribution in [0.15, 0.2) is 42.0 Å². The molecule has 1 aromatic rings. The lowest BCUT2D eigenvalue weighted by atomic mass is 10.0. The molecule has 2 nitrogen and oxygen atoms in total. The highest BCUT2D eigenvalue weighted by atomic mass is 16.5. The number of ether oxygens (including phenoxy) is 1. The average molecular weight is 302 g/mol. The largest absolute Gasteiger partial charge is 0.376 e. The second-order valence-corrected chi connectivity index (χ2v) is 6.29. The maximum absolute atomic E-state index is 10.9. The minimum Gasteiger partial charge on any atom is -0.376 e. The Kier molecular flexibility index (Phi) is 9.49.